The van der Waals surface area contributed by atoms with E-state index in [0.717, 1.165) is 11.3 Å². The van der Waals surface area contributed by atoms with Crippen LogP contribution in [0.4, 0.5) is 5.82 Å². The van der Waals surface area contributed by atoms with Gasteiger partial charge in [0, 0.05) is 12.6 Å². The zero-order valence-corrected chi connectivity index (χ0v) is 11.0. The number of benzene rings is 1. The smallest absolute Gasteiger partial charge is 0.271 e. The van der Waals surface area contributed by atoms with Gasteiger partial charge in [0.05, 0.1) is 6.04 Å². The summed E-state index contributed by atoms with van der Waals surface area (Å²) in [5, 5.41) is 13.6. The second kappa shape index (κ2) is 5.16. The first-order valence-corrected chi connectivity index (χ1v) is 6.32. The molecule has 0 spiro atoms. The van der Waals surface area contributed by atoms with Crippen LogP contribution in [0.25, 0.3) is 0 Å². The van der Waals surface area contributed by atoms with Crippen LogP contribution in [0, 0.1) is 0 Å². The molecule has 1 aliphatic rings. The highest BCUT2D eigenvalue weighted by Crippen LogP contribution is 2.33. The van der Waals surface area contributed by atoms with Crippen LogP contribution in [0.2, 0.25) is 0 Å². The predicted octanol–water partition coefficient (Wildman–Crippen LogP) is 1.38. The molecule has 2 N–H and O–H groups in total. The fourth-order valence-corrected chi connectivity index (χ4v) is 2.12. The van der Waals surface area contributed by atoms with Gasteiger partial charge in [-0.25, -0.2) is 0 Å². The van der Waals surface area contributed by atoms with Gasteiger partial charge in [-0.1, -0.05) is 18.2 Å². The summed E-state index contributed by atoms with van der Waals surface area (Å²) in [6, 6.07) is 11.3. The standard InChI is InChI=1S/C14H14N4O2/c1-15-14(19)10-6-7-13(18-17-10)16-11-8-20-12-5-3-2-4-9(11)12/h2-7,11H,8H2,1H3,(H,15,19)(H,16,18). The van der Waals surface area contributed by atoms with Gasteiger partial charge >= 0.3 is 0 Å². The lowest BCUT2D eigenvalue weighted by Gasteiger charge is -2.11. The Morgan fingerprint density at radius 1 is 1.25 bits per heavy atom. The number of amides is 1. The Balaban J connectivity index is 1.75. The van der Waals surface area contributed by atoms with E-state index in [9.17, 15) is 4.79 Å². The van der Waals surface area contributed by atoms with Crippen molar-refractivity contribution in [3.63, 3.8) is 0 Å². The summed E-state index contributed by atoms with van der Waals surface area (Å²) in [4.78, 5) is 11.4. The highest BCUT2D eigenvalue weighted by atomic mass is 16.5. The van der Waals surface area contributed by atoms with Gasteiger partial charge in [-0.3, -0.25) is 4.79 Å². The van der Waals surface area contributed by atoms with E-state index in [4.69, 9.17) is 4.74 Å². The van der Waals surface area contributed by atoms with Gasteiger partial charge < -0.3 is 15.4 Å². The minimum atomic E-state index is -0.251. The van der Waals surface area contributed by atoms with Crippen molar-refractivity contribution in [3.05, 3.63) is 47.7 Å². The van der Waals surface area contributed by atoms with E-state index in [1.165, 1.54) is 0 Å². The number of nitrogens with one attached hydrogen (secondary N) is 2. The minimum absolute atomic E-state index is 0.0475. The molecule has 0 aliphatic carbocycles. The zero-order valence-electron chi connectivity index (χ0n) is 11.0. The first-order valence-electron chi connectivity index (χ1n) is 6.32. The van der Waals surface area contributed by atoms with Gasteiger partial charge in [0.25, 0.3) is 5.91 Å². The molecule has 0 saturated carbocycles. The largest absolute Gasteiger partial charge is 0.491 e. The molecule has 2 heterocycles. The summed E-state index contributed by atoms with van der Waals surface area (Å²) in [6.45, 7) is 0.554. The van der Waals surface area contributed by atoms with Gasteiger partial charge in [0.2, 0.25) is 0 Å². The SMILES string of the molecule is CNC(=O)c1ccc(NC2COc3ccccc32)nn1. The van der Waals surface area contributed by atoms with Crippen molar-refractivity contribution in [3.8, 4) is 5.75 Å². The monoisotopic (exact) mass is 270 g/mol. The van der Waals surface area contributed by atoms with E-state index in [0.29, 0.717) is 18.1 Å². The van der Waals surface area contributed by atoms with Crippen molar-refractivity contribution in [2.45, 2.75) is 6.04 Å². The number of rotatable bonds is 3. The van der Waals surface area contributed by atoms with Crippen molar-refractivity contribution in [2.24, 2.45) is 0 Å². The Bertz CT molecular complexity index is 627. The lowest BCUT2D eigenvalue weighted by Crippen LogP contribution is -2.20. The Labute approximate surface area is 116 Å². The number of anilines is 1. The lowest BCUT2D eigenvalue weighted by molar-refractivity contribution is 0.0957. The molecule has 0 bridgehead atoms. The van der Waals surface area contributed by atoms with E-state index in [1.54, 1.807) is 19.2 Å². The maximum Gasteiger partial charge on any atom is 0.271 e. The lowest BCUT2D eigenvalue weighted by atomic mass is 10.1. The van der Waals surface area contributed by atoms with Crippen molar-refractivity contribution in [1.82, 2.24) is 15.5 Å². The van der Waals surface area contributed by atoms with Crippen LogP contribution in [-0.2, 0) is 0 Å². The molecule has 1 unspecified atom stereocenters. The fourth-order valence-electron chi connectivity index (χ4n) is 2.12. The number of ether oxygens (including phenoxy) is 1. The molecular formula is C14H14N4O2. The summed E-state index contributed by atoms with van der Waals surface area (Å²) < 4.78 is 5.59. The zero-order chi connectivity index (χ0) is 13.9. The van der Waals surface area contributed by atoms with Gasteiger partial charge in [-0.2, -0.15) is 0 Å². The van der Waals surface area contributed by atoms with Gasteiger partial charge in [-0.05, 0) is 18.2 Å². The molecule has 6 heteroatoms. The molecule has 102 valence electrons. The molecule has 0 radical (unpaired) electrons. The van der Waals surface area contributed by atoms with Crippen LogP contribution >= 0.6 is 0 Å². The predicted molar refractivity (Wildman–Crippen MR) is 73.7 cm³/mol. The molecule has 0 fully saturated rings. The molecule has 1 aliphatic heterocycles. The molecule has 0 saturated heterocycles. The van der Waals surface area contributed by atoms with E-state index >= 15 is 0 Å². The van der Waals surface area contributed by atoms with Crippen LogP contribution in [0.5, 0.6) is 5.75 Å². The van der Waals surface area contributed by atoms with Gasteiger partial charge in [0.15, 0.2) is 5.69 Å². The third-order valence-corrected chi connectivity index (χ3v) is 3.15. The van der Waals surface area contributed by atoms with Crippen LogP contribution in [-0.4, -0.2) is 29.8 Å². The molecule has 1 atom stereocenters. The summed E-state index contributed by atoms with van der Waals surface area (Å²) in [6.07, 6.45) is 0. The third kappa shape index (κ3) is 2.27. The molecule has 1 aromatic heterocycles. The molecule has 3 rings (SSSR count). The van der Waals surface area contributed by atoms with Crippen molar-refractivity contribution < 1.29 is 9.53 Å². The molecule has 6 nitrogen and oxygen atoms in total. The summed E-state index contributed by atoms with van der Waals surface area (Å²) in [5.41, 5.74) is 1.39. The van der Waals surface area contributed by atoms with E-state index in [2.05, 4.69) is 20.8 Å². The molecule has 1 amide bonds. The van der Waals surface area contributed by atoms with Crippen LogP contribution in [0.15, 0.2) is 36.4 Å². The van der Waals surface area contributed by atoms with E-state index in [1.807, 2.05) is 24.3 Å². The van der Waals surface area contributed by atoms with Crippen LogP contribution in [0.1, 0.15) is 22.1 Å². The third-order valence-electron chi connectivity index (χ3n) is 3.15. The average Bonchev–Trinajstić information content (AvgIpc) is 2.91. The number of nitrogens with zero attached hydrogens (tertiary/aromatic N) is 2. The summed E-state index contributed by atoms with van der Waals surface area (Å²) in [5.74, 6) is 1.25. The Kier molecular flexibility index (Phi) is 3.20. The van der Waals surface area contributed by atoms with Gasteiger partial charge in [-0.15, -0.1) is 10.2 Å². The Hall–Kier alpha value is -2.63. The first-order chi connectivity index (χ1) is 9.78. The van der Waals surface area contributed by atoms with E-state index in [-0.39, 0.29) is 11.9 Å². The Morgan fingerprint density at radius 3 is 2.85 bits per heavy atom. The number of aromatic nitrogens is 2. The quantitative estimate of drug-likeness (QED) is 0.881. The number of hydrogen-bond acceptors (Lipinski definition) is 5. The van der Waals surface area contributed by atoms with Crippen molar-refractivity contribution >= 4 is 11.7 Å². The maximum atomic E-state index is 11.4. The number of hydrogen-bond donors (Lipinski definition) is 2. The molecular weight excluding hydrogens is 256 g/mol. The normalized spacial score (nSPS) is 16.1. The maximum absolute atomic E-state index is 11.4. The van der Waals surface area contributed by atoms with Gasteiger partial charge in [0.1, 0.15) is 18.2 Å². The van der Waals surface area contributed by atoms with E-state index < -0.39 is 0 Å². The van der Waals surface area contributed by atoms with Crippen molar-refractivity contribution in [1.29, 1.82) is 0 Å². The minimum Gasteiger partial charge on any atom is -0.491 e. The van der Waals surface area contributed by atoms with Crippen LogP contribution < -0.4 is 15.4 Å². The molecule has 2 aromatic rings. The van der Waals surface area contributed by atoms with Crippen molar-refractivity contribution in [2.75, 3.05) is 19.0 Å². The average molecular weight is 270 g/mol. The van der Waals surface area contributed by atoms with Crippen LogP contribution in [0.3, 0.4) is 0 Å². The number of fused-ring (bicyclic) bond motifs is 1. The molecule has 20 heavy (non-hydrogen) atoms. The number of carbonyl (C=O) groups is 1. The summed E-state index contributed by atoms with van der Waals surface area (Å²) in [7, 11) is 1.56. The first kappa shape index (κ1) is 12.4. The topological polar surface area (TPSA) is 76.1 Å². The number of para-hydroxylation sites is 1. The highest BCUT2D eigenvalue weighted by molar-refractivity contribution is 5.91. The fraction of sp³-hybridized carbons (Fsp3) is 0.214. The highest BCUT2D eigenvalue weighted by Gasteiger charge is 2.23. The Morgan fingerprint density at radius 2 is 2.10 bits per heavy atom. The number of carbonyl (C=O) groups excluding carboxylic acids is 1. The molecule has 1 aromatic carbocycles. The summed E-state index contributed by atoms with van der Waals surface area (Å²) >= 11 is 0. The second-order valence-corrected chi connectivity index (χ2v) is 4.43. The second-order valence-electron chi connectivity index (χ2n) is 4.43.